The van der Waals surface area contributed by atoms with Crippen molar-refractivity contribution in [3.05, 3.63) is 23.8 Å². The fourth-order valence-electron chi connectivity index (χ4n) is 4.44. The van der Waals surface area contributed by atoms with E-state index in [2.05, 4.69) is 12.1 Å². The van der Waals surface area contributed by atoms with Crippen molar-refractivity contribution in [3.63, 3.8) is 0 Å². The summed E-state index contributed by atoms with van der Waals surface area (Å²) in [4.78, 5) is 28.6. The fraction of sp³-hybridized carbons (Fsp3) is 0.619. The second-order valence-electron chi connectivity index (χ2n) is 7.73. The SMILES string of the molecule is CC(=O)N1CCC(C(=O)N2CCC[C@H]2c2ccc3c(c2)OCCCO3)CC1. The van der Waals surface area contributed by atoms with Crippen LogP contribution in [0.1, 0.15) is 50.6 Å². The first-order valence-corrected chi connectivity index (χ1v) is 10.1. The Morgan fingerprint density at radius 1 is 0.963 bits per heavy atom. The van der Waals surface area contributed by atoms with Gasteiger partial charge in [-0.3, -0.25) is 9.59 Å². The van der Waals surface area contributed by atoms with E-state index in [1.54, 1.807) is 6.92 Å². The summed E-state index contributed by atoms with van der Waals surface area (Å²) in [5.41, 5.74) is 1.13. The molecule has 1 atom stereocenters. The van der Waals surface area contributed by atoms with Gasteiger partial charge in [0, 0.05) is 38.9 Å². The van der Waals surface area contributed by atoms with Crippen LogP contribution in [0.5, 0.6) is 11.5 Å². The van der Waals surface area contributed by atoms with Gasteiger partial charge in [-0.15, -0.1) is 0 Å². The third-order valence-electron chi connectivity index (χ3n) is 5.98. The number of benzene rings is 1. The van der Waals surface area contributed by atoms with E-state index in [0.29, 0.717) is 26.3 Å². The summed E-state index contributed by atoms with van der Waals surface area (Å²) in [5.74, 6) is 1.96. The number of rotatable bonds is 2. The lowest BCUT2D eigenvalue weighted by atomic mass is 9.94. The maximum absolute atomic E-state index is 13.2. The highest BCUT2D eigenvalue weighted by atomic mass is 16.5. The van der Waals surface area contributed by atoms with Crippen molar-refractivity contribution in [1.82, 2.24) is 9.80 Å². The first kappa shape index (κ1) is 18.1. The molecule has 1 aromatic rings. The van der Waals surface area contributed by atoms with Crippen molar-refractivity contribution in [1.29, 1.82) is 0 Å². The largest absolute Gasteiger partial charge is 0.490 e. The Kier molecular flexibility index (Phi) is 5.23. The van der Waals surface area contributed by atoms with E-state index in [0.717, 1.165) is 55.7 Å². The van der Waals surface area contributed by atoms with Gasteiger partial charge in [0.2, 0.25) is 11.8 Å². The monoisotopic (exact) mass is 372 g/mol. The molecule has 3 aliphatic heterocycles. The molecule has 1 aromatic carbocycles. The molecule has 0 radical (unpaired) electrons. The summed E-state index contributed by atoms with van der Waals surface area (Å²) in [5, 5.41) is 0. The van der Waals surface area contributed by atoms with Crippen LogP contribution in [-0.4, -0.2) is 54.5 Å². The Hall–Kier alpha value is -2.24. The molecule has 0 unspecified atom stereocenters. The van der Waals surface area contributed by atoms with Crippen LogP contribution in [0.25, 0.3) is 0 Å². The van der Waals surface area contributed by atoms with Crippen LogP contribution < -0.4 is 9.47 Å². The lowest BCUT2D eigenvalue weighted by Crippen LogP contribution is -2.43. The molecule has 146 valence electrons. The number of likely N-dealkylation sites (tertiary alicyclic amines) is 2. The van der Waals surface area contributed by atoms with Gasteiger partial charge in [-0.2, -0.15) is 0 Å². The normalized spacial score (nSPS) is 23.2. The van der Waals surface area contributed by atoms with Crippen LogP contribution in [0, 0.1) is 5.92 Å². The number of ether oxygens (including phenoxy) is 2. The first-order chi connectivity index (χ1) is 13.1. The molecular weight excluding hydrogens is 344 g/mol. The lowest BCUT2D eigenvalue weighted by molar-refractivity contribution is -0.140. The van der Waals surface area contributed by atoms with Crippen molar-refractivity contribution < 1.29 is 19.1 Å². The third kappa shape index (κ3) is 3.75. The standard InChI is InChI=1S/C21H28N2O4/c1-15(24)22-10-7-16(8-11-22)21(25)23-9-2-4-18(23)17-5-6-19-20(14-17)27-13-3-12-26-19/h5-6,14,16,18H,2-4,7-13H2,1H3/t18-/m0/s1. The quantitative estimate of drug-likeness (QED) is 0.801. The number of hydrogen-bond donors (Lipinski definition) is 0. The van der Waals surface area contributed by atoms with Crippen molar-refractivity contribution in [2.24, 2.45) is 5.92 Å². The Morgan fingerprint density at radius 2 is 1.70 bits per heavy atom. The van der Waals surface area contributed by atoms with Gasteiger partial charge in [-0.25, -0.2) is 0 Å². The molecule has 3 aliphatic rings. The molecule has 0 bridgehead atoms. The van der Waals surface area contributed by atoms with E-state index in [1.165, 1.54) is 0 Å². The minimum absolute atomic E-state index is 0.0293. The van der Waals surface area contributed by atoms with Gasteiger partial charge in [-0.05, 0) is 43.4 Å². The molecule has 0 saturated carbocycles. The molecule has 27 heavy (non-hydrogen) atoms. The van der Waals surface area contributed by atoms with Gasteiger partial charge >= 0.3 is 0 Å². The number of piperidine rings is 1. The second-order valence-corrected chi connectivity index (χ2v) is 7.73. The van der Waals surface area contributed by atoms with Crippen LogP contribution in [0.15, 0.2) is 18.2 Å². The summed E-state index contributed by atoms with van der Waals surface area (Å²) in [6.07, 6.45) is 4.43. The molecule has 0 N–H and O–H groups in total. The summed E-state index contributed by atoms with van der Waals surface area (Å²) >= 11 is 0. The maximum Gasteiger partial charge on any atom is 0.226 e. The van der Waals surface area contributed by atoms with Crippen LogP contribution in [0.2, 0.25) is 0 Å². The number of carbonyl (C=O) groups excluding carboxylic acids is 2. The molecule has 2 fully saturated rings. The minimum Gasteiger partial charge on any atom is -0.490 e. The lowest BCUT2D eigenvalue weighted by Gasteiger charge is -2.34. The van der Waals surface area contributed by atoms with Gasteiger partial charge < -0.3 is 19.3 Å². The Morgan fingerprint density at radius 3 is 2.44 bits per heavy atom. The summed E-state index contributed by atoms with van der Waals surface area (Å²) in [7, 11) is 0. The highest BCUT2D eigenvalue weighted by Gasteiger charge is 2.36. The van der Waals surface area contributed by atoms with Crippen LogP contribution in [0.4, 0.5) is 0 Å². The topological polar surface area (TPSA) is 59.1 Å². The number of hydrogen-bond acceptors (Lipinski definition) is 4. The molecule has 3 heterocycles. The highest BCUT2D eigenvalue weighted by Crippen LogP contribution is 2.39. The fourth-order valence-corrected chi connectivity index (χ4v) is 4.44. The van der Waals surface area contributed by atoms with Gasteiger partial charge in [0.25, 0.3) is 0 Å². The van der Waals surface area contributed by atoms with E-state index in [1.807, 2.05) is 15.9 Å². The molecule has 2 saturated heterocycles. The molecule has 6 heteroatoms. The van der Waals surface area contributed by atoms with Crippen molar-refractivity contribution in [3.8, 4) is 11.5 Å². The predicted molar refractivity (Wildman–Crippen MR) is 101 cm³/mol. The maximum atomic E-state index is 13.2. The average Bonchev–Trinajstić information content (AvgIpc) is 3.06. The third-order valence-corrected chi connectivity index (χ3v) is 5.98. The second kappa shape index (κ2) is 7.79. The Balaban J connectivity index is 1.47. The zero-order valence-electron chi connectivity index (χ0n) is 16.0. The minimum atomic E-state index is 0.0293. The number of carbonyl (C=O) groups is 2. The zero-order chi connectivity index (χ0) is 18.8. The molecule has 4 rings (SSSR count). The summed E-state index contributed by atoms with van der Waals surface area (Å²) in [6, 6.07) is 6.21. The predicted octanol–water partition coefficient (Wildman–Crippen LogP) is 2.77. The van der Waals surface area contributed by atoms with E-state index in [4.69, 9.17) is 9.47 Å². The van der Waals surface area contributed by atoms with E-state index >= 15 is 0 Å². The zero-order valence-corrected chi connectivity index (χ0v) is 16.0. The molecule has 0 spiro atoms. The van der Waals surface area contributed by atoms with Gasteiger partial charge in [0.15, 0.2) is 11.5 Å². The number of fused-ring (bicyclic) bond motifs is 1. The first-order valence-electron chi connectivity index (χ1n) is 10.1. The van der Waals surface area contributed by atoms with Crippen molar-refractivity contribution >= 4 is 11.8 Å². The van der Waals surface area contributed by atoms with Gasteiger partial charge in [-0.1, -0.05) is 6.07 Å². The summed E-state index contributed by atoms with van der Waals surface area (Å²) in [6.45, 7) is 5.13. The van der Waals surface area contributed by atoms with E-state index in [9.17, 15) is 9.59 Å². The van der Waals surface area contributed by atoms with E-state index in [-0.39, 0.29) is 23.8 Å². The molecule has 0 aliphatic carbocycles. The Bertz CT molecular complexity index is 712. The molecule has 6 nitrogen and oxygen atoms in total. The van der Waals surface area contributed by atoms with Crippen molar-refractivity contribution in [2.75, 3.05) is 32.8 Å². The van der Waals surface area contributed by atoms with Crippen LogP contribution >= 0.6 is 0 Å². The average molecular weight is 372 g/mol. The van der Waals surface area contributed by atoms with Crippen molar-refractivity contribution in [2.45, 2.75) is 45.1 Å². The van der Waals surface area contributed by atoms with Crippen LogP contribution in [0.3, 0.4) is 0 Å². The van der Waals surface area contributed by atoms with Gasteiger partial charge in [0.1, 0.15) is 0 Å². The van der Waals surface area contributed by atoms with Gasteiger partial charge in [0.05, 0.1) is 19.3 Å². The molecule has 2 amide bonds. The van der Waals surface area contributed by atoms with Crippen LogP contribution in [-0.2, 0) is 9.59 Å². The number of amides is 2. The highest BCUT2D eigenvalue weighted by molar-refractivity contribution is 5.80. The Labute approximate surface area is 160 Å². The number of nitrogens with zero attached hydrogens (tertiary/aromatic N) is 2. The van der Waals surface area contributed by atoms with E-state index < -0.39 is 0 Å². The molecule has 0 aromatic heterocycles. The summed E-state index contributed by atoms with van der Waals surface area (Å²) < 4.78 is 11.6. The smallest absolute Gasteiger partial charge is 0.226 e. The molecular formula is C21H28N2O4.